The highest BCUT2D eigenvalue weighted by molar-refractivity contribution is 5.78. The maximum Gasteiger partial charge on any atom is 0.305 e. The first kappa shape index (κ1) is 15.0. The lowest BCUT2D eigenvalue weighted by Crippen LogP contribution is -2.36. The van der Waals surface area contributed by atoms with Gasteiger partial charge < -0.3 is 15.7 Å². The zero-order valence-corrected chi connectivity index (χ0v) is 11.1. The van der Waals surface area contributed by atoms with E-state index in [1.165, 1.54) is 0 Å². The zero-order valence-electron chi connectivity index (χ0n) is 11.1. The molecule has 2 unspecified atom stereocenters. The second kappa shape index (κ2) is 7.36. The molecular weight excluding hydrogens is 232 g/mol. The highest BCUT2D eigenvalue weighted by Crippen LogP contribution is 2.22. The molecule has 1 heterocycles. The van der Waals surface area contributed by atoms with Crippen LogP contribution in [0.2, 0.25) is 0 Å². The predicted octanol–water partition coefficient (Wildman–Crippen LogP) is 1.22. The molecule has 1 aliphatic heterocycles. The van der Waals surface area contributed by atoms with Crippen LogP contribution < -0.4 is 5.73 Å². The number of carbonyl (C=O) groups is 2. The van der Waals surface area contributed by atoms with Crippen molar-refractivity contribution in [2.24, 2.45) is 11.7 Å². The second-order valence-electron chi connectivity index (χ2n) is 5.20. The number of nitrogens with two attached hydrogens (primary N) is 1. The van der Waals surface area contributed by atoms with E-state index in [0.717, 1.165) is 25.7 Å². The van der Waals surface area contributed by atoms with Crippen molar-refractivity contribution in [3.8, 4) is 0 Å². The molecule has 0 saturated carbocycles. The summed E-state index contributed by atoms with van der Waals surface area (Å²) < 4.78 is 0. The van der Waals surface area contributed by atoms with Gasteiger partial charge in [-0.05, 0) is 38.1 Å². The number of rotatable bonds is 7. The lowest BCUT2D eigenvalue weighted by Gasteiger charge is -2.24. The van der Waals surface area contributed by atoms with Crippen LogP contribution in [0.25, 0.3) is 0 Å². The van der Waals surface area contributed by atoms with Gasteiger partial charge in [-0.1, -0.05) is 6.92 Å². The van der Waals surface area contributed by atoms with Crippen molar-refractivity contribution in [2.45, 2.75) is 51.5 Å². The van der Waals surface area contributed by atoms with Gasteiger partial charge in [0.05, 0.1) is 6.42 Å². The van der Waals surface area contributed by atoms with Gasteiger partial charge in [-0.15, -0.1) is 0 Å². The summed E-state index contributed by atoms with van der Waals surface area (Å²) in [7, 11) is 0. The molecule has 5 nitrogen and oxygen atoms in total. The highest BCUT2D eigenvalue weighted by atomic mass is 16.4. The molecule has 0 aromatic heterocycles. The van der Waals surface area contributed by atoms with Gasteiger partial charge in [-0.2, -0.15) is 0 Å². The van der Waals surface area contributed by atoms with Crippen molar-refractivity contribution in [2.75, 3.05) is 13.1 Å². The summed E-state index contributed by atoms with van der Waals surface area (Å²) in [4.78, 5) is 24.5. The topological polar surface area (TPSA) is 83.6 Å². The summed E-state index contributed by atoms with van der Waals surface area (Å²) in [6, 6.07) is -0.0974. The maximum absolute atomic E-state index is 12.0. The Kier molecular flexibility index (Phi) is 6.12. The largest absolute Gasteiger partial charge is 0.481 e. The minimum Gasteiger partial charge on any atom is -0.481 e. The standard InChI is InChI=1S/C13H24N2O3/c1-10(6-7-14)4-5-12(16)15-8-2-3-11(15)9-13(17)18/h10-11H,2-9,14H2,1H3,(H,17,18). The number of likely N-dealkylation sites (tertiary alicyclic amines) is 1. The van der Waals surface area contributed by atoms with Crippen molar-refractivity contribution in [1.29, 1.82) is 0 Å². The maximum atomic E-state index is 12.0. The Bertz CT molecular complexity index is 294. The van der Waals surface area contributed by atoms with Crippen LogP contribution in [0.5, 0.6) is 0 Å². The van der Waals surface area contributed by atoms with Crippen LogP contribution in [-0.4, -0.2) is 41.0 Å². The third kappa shape index (κ3) is 4.64. The van der Waals surface area contributed by atoms with Crippen LogP contribution in [0.4, 0.5) is 0 Å². The lowest BCUT2D eigenvalue weighted by atomic mass is 10.0. The minimum atomic E-state index is -0.823. The summed E-state index contributed by atoms with van der Waals surface area (Å²) in [5.41, 5.74) is 5.47. The van der Waals surface area contributed by atoms with Crippen LogP contribution in [0, 0.1) is 5.92 Å². The monoisotopic (exact) mass is 256 g/mol. The summed E-state index contributed by atoms with van der Waals surface area (Å²) in [6.07, 6.45) is 4.10. The highest BCUT2D eigenvalue weighted by Gasteiger charge is 2.29. The lowest BCUT2D eigenvalue weighted by molar-refractivity contribution is -0.140. The molecule has 1 saturated heterocycles. The van der Waals surface area contributed by atoms with Crippen LogP contribution in [-0.2, 0) is 9.59 Å². The molecule has 0 aliphatic carbocycles. The number of aliphatic carboxylic acids is 1. The third-order valence-corrected chi connectivity index (χ3v) is 3.62. The Labute approximate surface area is 108 Å². The van der Waals surface area contributed by atoms with E-state index < -0.39 is 5.97 Å². The molecule has 104 valence electrons. The first-order valence-electron chi connectivity index (χ1n) is 6.76. The Morgan fingerprint density at radius 1 is 1.44 bits per heavy atom. The molecular formula is C13H24N2O3. The smallest absolute Gasteiger partial charge is 0.305 e. The van der Waals surface area contributed by atoms with Crippen molar-refractivity contribution < 1.29 is 14.7 Å². The van der Waals surface area contributed by atoms with Crippen molar-refractivity contribution >= 4 is 11.9 Å². The Hall–Kier alpha value is -1.10. The second-order valence-corrected chi connectivity index (χ2v) is 5.20. The Balaban J connectivity index is 2.38. The predicted molar refractivity (Wildman–Crippen MR) is 69.1 cm³/mol. The molecule has 18 heavy (non-hydrogen) atoms. The van der Waals surface area contributed by atoms with Crippen LogP contribution in [0.15, 0.2) is 0 Å². The first-order chi connectivity index (χ1) is 8.54. The number of carboxylic acid groups (broad SMARTS) is 1. The Morgan fingerprint density at radius 2 is 2.17 bits per heavy atom. The molecule has 0 bridgehead atoms. The number of amides is 1. The van der Waals surface area contributed by atoms with Gasteiger partial charge in [-0.25, -0.2) is 0 Å². The fourth-order valence-electron chi connectivity index (χ4n) is 2.52. The third-order valence-electron chi connectivity index (χ3n) is 3.62. The van der Waals surface area contributed by atoms with Gasteiger partial charge in [-0.3, -0.25) is 9.59 Å². The van der Waals surface area contributed by atoms with E-state index in [9.17, 15) is 9.59 Å². The van der Waals surface area contributed by atoms with Gasteiger partial charge in [0.1, 0.15) is 0 Å². The molecule has 0 aromatic carbocycles. The average Bonchev–Trinajstić information content (AvgIpc) is 2.73. The number of hydrogen-bond donors (Lipinski definition) is 2. The van der Waals surface area contributed by atoms with Crippen molar-refractivity contribution in [1.82, 2.24) is 4.90 Å². The molecule has 0 aromatic rings. The number of hydrogen-bond acceptors (Lipinski definition) is 3. The minimum absolute atomic E-state index is 0.0735. The number of carboxylic acids is 1. The van der Waals surface area contributed by atoms with Gasteiger partial charge in [0.15, 0.2) is 0 Å². The molecule has 3 N–H and O–H groups in total. The number of carbonyl (C=O) groups excluding carboxylic acids is 1. The van der Waals surface area contributed by atoms with Crippen molar-refractivity contribution in [3.05, 3.63) is 0 Å². The zero-order chi connectivity index (χ0) is 13.5. The van der Waals surface area contributed by atoms with Gasteiger partial charge in [0.2, 0.25) is 5.91 Å². The molecule has 0 radical (unpaired) electrons. The normalized spacial score (nSPS) is 21.0. The molecule has 1 aliphatic rings. The summed E-state index contributed by atoms with van der Waals surface area (Å²) in [5, 5.41) is 8.81. The van der Waals surface area contributed by atoms with Crippen LogP contribution >= 0.6 is 0 Å². The van der Waals surface area contributed by atoms with E-state index in [-0.39, 0.29) is 18.4 Å². The molecule has 0 spiro atoms. The molecule has 2 atom stereocenters. The van der Waals surface area contributed by atoms with Gasteiger partial charge in [0.25, 0.3) is 0 Å². The molecule has 1 fully saturated rings. The Morgan fingerprint density at radius 3 is 2.78 bits per heavy atom. The number of nitrogens with zero attached hydrogens (tertiary/aromatic N) is 1. The van der Waals surface area contributed by atoms with E-state index in [2.05, 4.69) is 6.92 Å². The molecule has 1 amide bonds. The quantitative estimate of drug-likeness (QED) is 0.717. The van der Waals surface area contributed by atoms with Crippen molar-refractivity contribution in [3.63, 3.8) is 0 Å². The van der Waals surface area contributed by atoms with E-state index in [0.29, 0.717) is 25.4 Å². The first-order valence-corrected chi connectivity index (χ1v) is 6.76. The average molecular weight is 256 g/mol. The summed E-state index contributed by atoms with van der Waals surface area (Å²) >= 11 is 0. The van der Waals surface area contributed by atoms with Crippen LogP contribution in [0.1, 0.15) is 45.4 Å². The van der Waals surface area contributed by atoms with E-state index in [1.54, 1.807) is 4.90 Å². The van der Waals surface area contributed by atoms with Gasteiger partial charge in [0, 0.05) is 19.0 Å². The summed E-state index contributed by atoms with van der Waals surface area (Å²) in [6.45, 7) is 3.46. The fourth-order valence-corrected chi connectivity index (χ4v) is 2.52. The fraction of sp³-hybridized carbons (Fsp3) is 0.846. The molecule has 1 rings (SSSR count). The molecule has 5 heteroatoms. The SMILES string of the molecule is CC(CCN)CCC(=O)N1CCCC1CC(=O)O. The van der Waals surface area contributed by atoms with E-state index in [1.807, 2.05) is 0 Å². The summed E-state index contributed by atoms with van der Waals surface area (Å²) in [5.74, 6) is -0.265. The van der Waals surface area contributed by atoms with Crippen LogP contribution in [0.3, 0.4) is 0 Å². The van der Waals surface area contributed by atoms with E-state index in [4.69, 9.17) is 10.8 Å². The van der Waals surface area contributed by atoms with Gasteiger partial charge >= 0.3 is 5.97 Å². The van der Waals surface area contributed by atoms with E-state index >= 15 is 0 Å².